The average Bonchev–Trinajstić information content (AvgIpc) is 3.70. The SMILES string of the molecule is CNc1cc(NC(=O)Nc2ccc(C3=NCCN3)cc2)cc(C(=O)O)c1.O=CNc1ccc(C2=NCCN2)cc1. The van der Waals surface area contributed by atoms with Crippen LogP contribution in [0.5, 0.6) is 0 Å². The Morgan fingerprint density at radius 3 is 1.77 bits per heavy atom. The molecular formula is C28H30N8O4. The third-order valence-corrected chi connectivity index (χ3v) is 5.87. The Hall–Kier alpha value is -5.39. The van der Waals surface area contributed by atoms with E-state index in [1.54, 1.807) is 25.2 Å². The third-order valence-electron chi connectivity index (χ3n) is 5.87. The zero-order valence-corrected chi connectivity index (χ0v) is 21.8. The first-order chi connectivity index (χ1) is 19.4. The molecule has 0 aromatic heterocycles. The molecule has 3 aromatic rings. The minimum Gasteiger partial charge on any atom is -0.478 e. The van der Waals surface area contributed by atoms with E-state index in [0.29, 0.717) is 23.5 Å². The van der Waals surface area contributed by atoms with E-state index < -0.39 is 12.0 Å². The number of nitrogens with one attached hydrogen (secondary N) is 6. The van der Waals surface area contributed by atoms with Crippen LogP contribution in [0.2, 0.25) is 0 Å². The molecule has 2 aliphatic rings. The van der Waals surface area contributed by atoms with E-state index in [2.05, 4.69) is 41.9 Å². The maximum atomic E-state index is 12.2. The molecule has 5 rings (SSSR count). The normalized spacial score (nSPS) is 13.3. The fraction of sp³-hybridized carbons (Fsp3) is 0.179. The summed E-state index contributed by atoms with van der Waals surface area (Å²) < 4.78 is 0. The zero-order valence-electron chi connectivity index (χ0n) is 21.8. The molecule has 0 radical (unpaired) electrons. The molecular weight excluding hydrogens is 512 g/mol. The minimum atomic E-state index is -1.07. The minimum absolute atomic E-state index is 0.0846. The van der Waals surface area contributed by atoms with Crippen molar-refractivity contribution in [1.29, 1.82) is 0 Å². The van der Waals surface area contributed by atoms with E-state index in [0.717, 1.165) is 54.7 Å². The summed E-state index contributed by atoms with van der Waals surface area (Å²) in [5.74, 6) is 0.721. The summed E-state index contributed by atoms with van der Waals surface area (Å²) in [5.41, 5.74) is 4.49. The highest BCUT2D eigenvalue weighted by Crippen LogP contribution is 2.20. The summed E-state index contributed by atoms with van der Waals surface area (Å²) in [6.45, 7) is 3.34. The van der Waals surface area contributed by atoms with E-state index in [1.165, 1.54) is 12.1 Å². The van der Waals surface area contributed by atoms with E-state index in [-0.39, 0.29) is 5.56 Å². The first-order valence-corrected chi connectivity index (χ1v) is 12.6. The summed E-state index contributed by atoms with van der Waals surface area (Å²) in [4.78, 5) is 42.2. The van der Waals surface area contributed by atoms with Crippen LogP contribution < -0.4 is 31.9 Å². The van der Waals surface area contributed by atoms with Gasteiger partial charge in [-0.05, 0) is 66.7 Å². The second-order valence-corrected chi connectivity index (χ2v) is 8.66. The van der Waals surface area contributed by atoms with Crippen LogP contribution in [0.15, 0.2) is 76.7 Å². The number of hydrogen-bond donors (Lipinski definition) is 7. The van der Waals surface area contributed by atoms with Crippen LogP contribution in [-0.2, 0) is 4.79 Å². The topological polar surface area (TPSA) is 168 Å². The Morgan fingerprint density at radius 2 is 1.30 bits per heavy atom. The number of aliphatic imine (C=N–C) groups is 2. The molecule has 2 heterocycles. The molecule has 0 bridgehead atoms. The Balaban J connectivity index is 0.000000222. The second kappa shape index (κ2) is 13.4. The third kappa shape index (κ3) is 7.57. The number of nitrogens with zero attached hydrogens (tertiary/aromatic N) is 2. The summed E-state index contributed by atoms with van der Waals surface area (Å²) in [7, 11) is 1.68. The lowest BCUT2D eigenvalue weighted by molar-refractivity contribution is -0.105. The molecule has 3 amide bonds. The van der Waals surface area contributed by atoms with Crippen molar-refractivity contribution in [1.82, 2.24) is 10.6 Å². The second-order valence-electron chi connectivity index (χ2n) is 8.66. The Kier molecular flexibility index (Phi) is 9.27. The number of carbonyl (C=O) groups excluding carboxylic acids is 2. The van der Waals surface area contributed by atoms with Gasteiger partial charge in [0.1, 0.15) is 11.7 Å². The highest BCUT2D eigenvalue weighted by molar-refractivity contribution is 6.03. The molecule has 3 aromatic carbocycles. The maximum absolute atomic E-state index is 12.2. The van der Waals surface area contributed by atoms with Gasteiger partial charge >= 0.3 is 12.0 Å². The number of urea groups is 1. The number of anilines is 4. The fourth-order valence-electron chi connectivity index (χ4n) is 3.95. The molecule has 2 aliphatic heterocycles. The monoisotopic (exact) mass is 542 g/mol. The maximum Gasteiger partial charge on any atom is 0.335 e. The number of carboxylic acids is 1. The van der Waals surface area contributed by atoms with Gasteiger partial charge in [-0.2, -0.15) is 0 Å². The number of hydrogen-bond acceptors (Lipinski definition) is 8. The molecule has 0 aliphatic carbocycles. The summed E-state index contributed by atoms with van der Waals surface area (Å²) in [5, 5.41) is 26.3. The molecule has 0 saturated heterocycles. The number of benzene rings is 3. The summed E-state index contributed by atoms with van der Waals surface area (Å²) >= 11 is 0. The van der Waals surface area contributed by atoms with Crippen molar-refractivity contribution in [3.05, 3.63) is 83.4 Å². The van der Waals surface area contributed by atoms with Crippen LogP contribution in [0.25, 0.3) is 0 Å². The fourth-order valence-corrected chi connectivity index (χ4v) is 3.95. The van der Waals surface area contributed by atoms with E-state index >= 15 is 0 Å². The lowest BCUT2D eigenvalue weighted by Gasteiger charge is -2.11. The van der Waals surface area contributed by atoms with Crippen molar-refractivity contribution in [2.45, 2.75) is 0 Å². The average molecular weight is 543 g/mol. The highest BCUT2D eigenvalue weighted by atomic mass is 16.4. The molecule has 0 saturated carbocycles. The van der Waals surface area contributed by atoms with Crippen LogP contribution in [0.3, 0.4) is 0 Å². The van der Waals surface area contributed by atoms with Gasteiger partial charge in [-0.1, -0.05) is 0 Å². The number of rotatable bonds is 8. The van der Waals surface area contributed by atoms with Crippen LogP contribution >= 0.6 is 0 Å². The van der Waals surface area contributed by atoms with Gasteiger partial charge in [-0.3, -0.25) is 14.8 Å². The number of amides is 3. The van der Waals surface area contributed by atoms with Gasteiger partial charge in [0.05, 0.1) is 18.7 Å². The highest BCUT2D eigenvalue weighted by Gasteiger charge is 2.11. The van der Waals surface area contributed by atoms with Crippen LogP contribution in [0.4, 0.5) is 27.5 Å². The predicted molar refractivity (Wildman–Crippen MR) is 157 cm³/mol. The lowest BCUT2D eigenvalue weighted by atomic mass is 10.1. The molecule has 12 nitrogen and oxygen atoms in total. The number of carbonyl (C=O) groups is 3. The first-order valence-electron chi connectivity index (χ1n) is 12.6. The molecule has 0 spiro atoms. The van der Waals surface area contributed by atoms with Crippen molar-refractivity contribution in [2.75, 3.05) is 54.5 Å². The largest absolute Gasteiger partial charge is 0.478 e. The standard InChI is InChI=1S/C18H19N5O3.C10H11N3O/c1-19-14-8-12(17(24)25)9-15(10-14)23-18(26)22-13-4-2-11(3-5-13)16-20-6-7-21-16;14-7-13-9-3-1-8(2-4-9)10-11-5-6-12-10/h2-5,8-10,19H,6-7H2,1H3,(H,20,21)(H,24,25)(H2,22,23,26);1-4,7H,5-6H2,(H,11,12)(H,13,14). The summed E-state index contributed by atoms with van der Waals surface area (Å²) in [6, 6.07) is 19.0. The van der Waals surface area contributed by atoms with Gasteiger partial charge in [-0.25, -0.2) is 9.59 Å². The number of aromatic carboxylic acids is 1. The van der Waals surface area contributed by atoms with Gasteiger partial charge < -0.3 is 37.0 Å². The van der Waals surface area contributed by atoms with Gasteiger partial charge in [0.15, 0.2) is 0 Å². The summed E-state index contributed by atoms with van der Waals surface area (Å²) in [6.07, 6.45) is 0.667. The number of amidine groups is 2. The molecule has 12 heteroatoms. The molecule has 40 heavy (non-hydrogen) atoms. The Bertz CT molecular complexity index is 1420. The van der Waals surface area contributed by atoms with Crippen LogP contribution in [-0.4, -0.2) is 68.4 Å². The van der Waals surface area contributed by atoms with Gasteiger partial charge in [0.2, 0.25) is 6.41 Å². The van der Waals surface area contributed by atoms with Crippen LogP contribution in [0.1, 0.15) is 21.5 Å². The zero-order chi connectivity index (χ0) is 28.3. The van der Waals surface area contributed by atoms with E-state index in [1.807, 2.05) is 36.4 Å². The lowest BCUT2D eigenvalue weighted by Crippen LogP contribution is -2.21. The Morgan fingerprint density at radius 1 is 0.775 bits per heavy atom. The quantitative estimate of drug-likeness (QED) is 0.215. The molecule has 7 N–H and O–H groups in total. The van der Waals surface area contributed by atoms with Crippen molar-refractivity contribution < 1.29 is 19.5 Å². The van der Waals surface area contributed by atoms with Crippen molar-refractivity contribution in [3.8, 4) is 0 Å². The van der Waals surface area contributed by atoms with Crippen molar-refractivity contribution in [3.63, 3.8) is 0 Å². The van der Waals surface area contributed by atoms with Gasteiger partial charge in [-0.15, -0.1) is 0 Å². The van der Waals surface area contributed by atoms with Gasteiger partial charge in [0.25, 0.3) is 0 Å². The molecule has 0 atom stereocenters. The van der Waals surface area contributed by atoms with Crippen molar-refractivity contribution >= 4 is 52.8 Å². The molecule has 0 unspecified atom stereocenters. The van der Waals surface area contributed by atoms with Gasteiger partial charge in [0, 0.05) is 54.0 Å². The van der Waals surface area contributed by atoms with Crippen molar-refractivity contribution in [2.24, 2.45) is 9.98 Å². The molecule has 206 valence electrons. The van der Waals surface area contributed by atoms with E-state index in [4.69, 9.17) is 5.11 Å². The predicted octanol–water partition coefficient (Wildman–Crippen LogP) is 3.03. The number of carboxylic acid groups (broad SMARTS) is 1. The Labute approximate surface area is 231 Å². The van der Waals surface area contributed by atoms with Crippen LogP contribution in [0, 0.1) is 0 Å². The molecule has 0 fully saturated rings. The smallest absolute Gasteiger partial charge is 0.335 e. The van der Waals surface area contributed by atoms with E-state index in [9.17, 15) is 14.4 Å². The first kappa shape index (κ1) is 27.6.